The first-order valence-electron chi connectivity index (χ1n) is 9.22. The summed E-state index contributed by atoms with van der Waals surface area (Å²) >= 11 is 0. The molecule has 2 aromatic rings. The smallest absolute Gasteiger partial charge is 0.254 e. The summed E-state index contributed by atoms with van der Waals surface area (Å²) in [5, 5.41) is 5.95. The van der Waals surface area contributed by atoms with Crippen molar-refractivity contribution in [3.63, 3.8) is 0 Å². The first-order valence-corrected chi connectivity index (χ1v) is 9.22. The summed E-state index contributed by atoms with van der Waals surface area (Å²) in [5.74, 6) is 0.128. The third-order valence-electron chi connectivity index (χ3n) is 4.92. The second-order valence-corrected chi connectivity index (χ2v) is 6.88. The van der Waals surface area contributed by atoms with Crippen LogP contribution in [0.5, 0.6) is 0 Å². The van der Waals surface area contributed by atoms with Gasteiger partial charge in [0, 0.05) is 24.5 Å². The van der Waals surface area contributed by atoms with E-state index in [0.29, 0.717) is 17.9 Å². The molecular formula is C21H24N4O2. The standard InChI is InChI=1S/C21H24N4O2/c1-2-18(26)25-21(11-7-4-8-12-21)15-24-20(27)17-13-22-19(23-14-17)16-9-5-3-6-10-16/h2-3,5-6,9-10,13-14H,1,4,7-8,11-12,15H2,(H,24,27)(H,25,26). The van der Waals surface area contributed by atoms with Gasteiger partial charge in [-0.2, -0.15) is 0 Å². The molecule has 1 saturated carbocycles. The van der Waals surface area contributed by atoms with Crippen molar-refractivity contribution in [3.05, 3.63) is 60.9 Å². The van der Waals surface area contributed by atoms with Crippen LogP contribution in [0.15, 0.2) is 55.4 Å². The minimum Gasteiger partial charge on any atom is -0.350 e. The number of carbonyl (C=O) groups excluding carboxylic acids is 2. The summed E-state index contributed by atoms with van der Waals surface area (Å²) < 4.78 is 0. The van der Waals surface area contributed by atoms with Crippen LogP contribution in [0.3, 0.4) is 0 Å². The number of nitrogens with zero attached hydrogens (tertiary/aromatic N) is 2. The molecule has 1 aromatic heterocycles. The lowest BCUT2D eigenvalue weighted by Gasteiger charge is -2.38. The van der Waals surface area contributed by atoms with Gasteiger partial charge in [-0.15, -0.1) is 0 Å². The van der Waals surface area contributed by atoms with Gasteiger partial charge < -0.3 is 10.6 Å². The van der Waals surface area contributed by atoms with Crippen molar-refractivity contribution < 1.29 is 9.59 Å². The maximum absolute atomic E-state index is 12.5. The molecule has 6 heteroatoms. The first kappa shape index (κ1) is 18.8. The molecule has 1 fully saturated rings. The number of rotatable bonds is 6. The van der Waals surface area contributed by atoms with Crippen molar-refractivity contribution in [2.24, 2.45) is 0 Å². The van der Waals surface area contributed by atoms with E-state index in [-0.39, 0.29) is 11.8 Å². The molecule has 0 spiro atoms. The number of aromatic nitrogens is 2. The van der Waals surface area contributed by atoms with Crippen LogP contribution in [0.4, 0.5) is 0 Å². The van der Waals surface area contributed by atoms with Crippen LogP contribution in [-0.2, 0) is 4.79 Å². The molecule has 1 aromatic carbocycles. The molecule has 6 nitrogen and oxygen atoms in total. The highest BCUT2D eigenvalue weighted by Crippen LogP contribution is 2.27. The number of carbonyl (C=O) groups is 2. The zero-order valence-corrected chi connectivity index (χ0v) is 15.3. The van der Waals surface area contributed by atoms with E-state index >= 15 is 0 Å². The van der Waals surface area contributed by atoms with Crippen molar-refractivity contribution in [3.8, 4) is 11.4 Å². The number of nitrogens with one attached hydrogen (secondary N) is 2. The van der Waals surface area contributed by atoms with E-state index in [1.807, 2.05) is 30.3 Å². The number of hydrogen-bond acceptors (Lipinski definition) is 4. The van der Waals surface area contributed by atoms with Crippen molar-refractivity contribution in [2.45, 2.75) is 37.6 Å². The molecule has 0 unspecified atom stereocenters. The van der Waals surface area contributed by atoms with Crippen LogP contribution in [0.1, 0.15) is 42.5 Å². The summed E-state index contributed by atoms with van der Waals surface area (Å²) in [4.78, 5) is 32.9. The summed E-state index contributed by atoms with van der Waals surface area (Å²) in [6, 6.07) is 9.60. The fourth-order valence-electron chi connectivity index (χ4n) is 3.42. The molecule has 3 rings (SSSR count). The first-order chi connectivity index (χ1) is 13.1. The third kappa shape index (κ3) is 4.78. The predicted octanol–water partition coefficient (Wildman–Crippen LogP) is 2.88. The van der Waals surface area contributed by atoms with Crippen molar-refractivity contribution in [2.75, 3.05) is 6.54 Å². The lowest BCUT2D eigenvalue weighted by atomic mass is 9.81. The Hall–Kier alpha value is -3.02. The van der Waals surface area contributed by atoms with E-state index in [1.165, 1.54) is 18.5 Å². The van der Waals surface area contributed by atoms with Crippen molar-refractivity contribution in [1.29, 1.82) is 0 Å². The number of hydrogen-bond donors (Lipinski definition) is 2. The Balaban J connectivity index is 1.65. The Kier molecular flexibility index (Phi) is 5.96. The molecular weight excluding hydrogens is 340 g/mol. The lowest BCUT2D eigenvalue weighted by molar-refractivity contribution is -0.118. The molecule has 2 N–H and O–H groups in total. The fraction of sp³-hybridized carbons (Fsp3) is 0.333. The van der Waals surface area contributed by atoms with Crippen molar-refractivity contribution in [1.82, 2.24) is 20.6 Å². The minimum absolute atomic E-state index is 0.207. The second kappa shape index (κ2) is 8.58. The Morgan fingerprint density at radius 1 is 1.07 bits per heavy atom. The zero-order valence-electron chi connectivity index (χ0n) is 15.3. The largest absolute Gasteiger partial charge is 0.350 e. The molecule has 1 aliphatic rings. The van der Waals surface area contributed by atoms with E-state index in [0.717, 1.165) is 37.7 Å². The van der Waals surface area contributed by atoms with Gasteiger partial charge in [0.05, 0.1) is 11.1 Å². The van der Waals surface area contributed by atoms with Gasteiger partial charge >= 0.3 is 0 Å². The maximum atomic E-state index is 12.5. The molecule has 2 amide bonds. The van der Waals surface area contributed by atoms with Crippen LogP contribution >= 0.6 is 0 Å². The maximum Gasteiger partial charge on any atom is 0.254 e. The van der Waals surface area contributed by atoms with Gasteiger partial charge in [0.25, 0.3) is 5.91 Å². The van der Waals surface area contributed by atoms with Gasteiger partial charge in [-0.3, -0.25) is 9.59 Å². The van der Waals surface area contributed by atoms with Gasteiger partial charge in [0.1, 0.15) is 0 Å². The van der Waals surface area contributed by atoms with Crippen LogP contribution < -0.4 is 10.6 Å². The molecule has 1 aliphatic carbocycles. The highest BCUT2D eigenvalue weighted by Gasteiger charge is 2.33. The fourth-order valence-corrected chi connectivity index (χ4v) is 3.42. The van der Waals surface area contributed by atoms with E-state index in [9.17, 15) is 9.59 Å². The summed E-state index contributed by atoms with van der Waals surface area (Å²) in [6.45, 7) is 3.90. The average Bonchev–Trinajstić information content (AvgIpc) is 2.73. The van der Waals surface area contributed by atoms with Gasteiger partial charge in [-0.25, -0.2) is 9.97 Å². The number of benzene rings is 1. The molecule has 0 atom stereocenters. The van der Waals surface area contributed by atoms with Crippen LogP contribution in [0, 0.1) is 0 Å². The molecule has 0 aliphatic heterocycles. The monoisotopic (exact) mass is 364 g/mol. The zero-order chi connectivity index (χ0) is 19.1. The van der Waals surface area contributed by atoms with Gasteiger partial charge in [-0.1, -0.05) is 56.2 Å². The second-order valence-electron chi connectivity index (χ2n) is 6.88. The summed E-state index contributed by atoms with van der Waals surface area (Å²) in [6.07, 6.45) is 9.22. The van der Waals surface area contributed by atoms with Gasteiger partial charge in [0.15, 0.2) is 5.82 Å². The third-order valence-corrected chi connectivity index (χ3v) is 4.92. The highest BCUT2D eigenvalue weighted by molar-refractivity contribution is 5.94. The predicted molar refractivity (Wildman–Crippen MR) is 104 cm³/mol. The molecule has 140 valence electrons. The van der Waals surface area contributed by atoms with Gasteiger partial charge in [0.2, 0.25) is 5.91 Å². The quantitative estimate of drug-likeness (QED) is 0.772. The van der Waals surface area contributed by atoms with E-state index in [4.69, 9.17) is 0 Å². The molecule has 0 saturated heterocycles. The SMILES string of the molecule is C=CC(=O)NC1(CNC(=O)c2cnc(-c3ccccc3)nc2)CCCCC1. The van der Waals surface area contributed by atoms with E-state index in [2.05, 4.69) is 27.2 Å². The Morgan fingerprint density at radius 3 is 2.37 bits per heavy atom. The van der Waals surface area contributed by atoms with E-state index < -0.39 is 5.54 Å². The lowest BCUT2D eigenvalue weighted by Crippen LogP contribution is -2.56. The van der Waals surface area contributed by atoms with Crippen LogP contribution in [-0.4, -0.2) is 33.9 Å². The minimum atomic E-state index is -0.413. The number of amides is 2. The molecule has 0 bridgehead atoms. The average molecular weight is 364 g/mol. The van der Waals surface area contributed by atoms with Crippen LogP contribution in [0.2, 0.25) is 0 Å². The Morgan fingerprint density at radius 2 is 1.74 bits per heavy atom. The molecule has 27 heavy (non-hydrogen) atoms. The topological polar surface area (TPSA) is 84.0 Å². The van der Waals surface area contributed by atoms with Crippen molar-refractivity contribution >= 4 is 11.8 Å². The molecule has 0 radical (unpaired) electrons. The normalized spacial score (nSPS) is 15.6. The van der Waals surface area contributed by atoms with Crippen LogP contribution in [0.25, 0.3) is 11.4 Å². The van der Waals surface area contributed by atoms with E-state index in [1.54, 1.807) is 0 Å². The Labute approximate surface area is 159 Å². The highest BCUT2D eigenvalue weighted by atomic mass is 16.2. The Bertz CT molecular complexity index is 797. The summed E-state index contributed by atoms with van der Waals surface area (Å²) in [5.41, 5.74) is 0.887. The summed E-state index contributed by atoms with van der Waals surface area (Å²) in [7, 11) is 0. The molecule has 1 heterocycles. The van der Waals surface area contributed by atoms with Gasteiger partial charge in [-0.05, 0) is 18.9 Å².